The van der Waals surface area contributed by atoms with Gasteiger partial charge >= 0.3 is 0 Å². The SMILES string of the molecule is COc1ccc2c(c1-c1c(C)noc1C)N(Cc1ccccn1)C(=O)CC2(C)C. The van der Waals surface area contributed by atoms with Crippen LogP contribution in [0.25, 0.3) is 11.1 Å². The van der Waals surface area contributed by atoms with Crippen molar-refractivity contribution in [3.63, 3.8) is 0 Å². The second-order valence-electron chi connectivity index (χ2n) is 8.10. The Morgan fingerprint density at radius 3 is 2.59 bits per heavy atom. The Morgan fingerprint density at radius 1 is 1.17 bits per heavy atom. The van der Waals surface area contributed by atoms with E-state index >= 15 is 0 Å². The number of rotatable bonds is 4. The molecule has 1 amide bonds. The van der Waals surface area contributed by atoms with Gasteiger partial charge in [0.05, 0.1) is 41.9 Å². The molecule has 0 spiro atoms. The van der Waals surface area contributed by atoms with Crippen molar-refractivity contribution < 1.29 is 14.1 Å². The van der Waals surface area contributed by atoms with Crippen molar-refractivity contribution in [1.29, 1.82) is 0 Å². The minimum Gasteiger partial charge on any atom is -0.496 e. The van der Waals surface area contributed by atoms with E-state index in [0.29, 0.717) is 24.5 Å². The summed E-state index contributed by atoms with van der Waals surface area (Å²) in [6.07, 6.45) is 2.18. The lowest BCUT2D eigenvalue weighted by Crippen LogP contribution is -2.42. The average molecular weight is 391 g/mol. The first-order valence-electron chi connectivity index (χ1n) is 9.68. The maximum Gasteiger partial charge on any atom is 0.228 e. The largest absolute Gasteiger partial charge is 0.496 e. The number of nitrogens with zero attached hydrogens (tertiary/aromatic N) is 3. The number of methoxy groups -OCH3 is 1. The fraction of sp³-hybridized carbons (Fsp3) is 0.348. The van der Waals surface area contributed by atoms with Crippen LogP contribution in [0.1, 0.15) is 43.0 Å². The van der Waals surface area contributed by atoms with E-state index in [1.165, 1.54) is 0 Å². The molecule has 0 radical (unpaired) electrons. The monoisotopic (exact) mass is 391 g/mol. The molecule has 0 atom stereocenters. The topological polar surface area (TPSA) is 68.5 Å². The van der Waals surface area contributed by atoms with Gasteiger partial charge in [-0.3, -0.25) is 9.78 Å². The van der Waals surface area contributed by atoms with Gasteiger partial charge in [-0.05, 0) is 37.6 Å². The van der Waals surface area contributed by atoms with Crippen LogP contribution in [0.4, 0.5) is 5.69 Å². The fourth-order valence-corrected chi connectivity index (χ4v) is 4.17. The van der Waals surface area contributed by atoms with Crippen LogP contribution >= 0.6 is 0 Å². The smallest absolute Gasteiger partial charge is 0.228 e. The maximum atomic E-state index is 13.3. The third-order valence-electron chi connectivity index (χ3n) is 5.58. The summed E-state index contributed by atoms with van der Waals surface area (Å²) in [4.78, 5) is 19.5. The third kappa shape index (κ3) is 3.18. The first kappa shape index (κ1) is 19.2. The van der Waals surface area contributed by atoms with E-state index in [1.807, 2.05) is 43.0 Å². The van der Waals surface area contributed by atoms with Crippen molar-refractivity contribution in [3.05, 3.63) is 59.2 Å². The second-order valence-corrected chi connectivity index (χ2v) is 8.10. The van der Waals surface area contributed by atoms with Gasteiger partial charge in [0.25, 0.3) is 0 Å². The number of hydrogen-bond acceptors (Lipinski definition) is 5. The van der Waals surface area contributed by atoms with E-state index in [2.05, 4.69) is 30.1 Å². The fourth-order valence-electron chi connectivity index (χ4n) is 4.17. The lowest BCUT2D eigenvalue weighted by atomic mass is 9.75. The summed E-state index contributed by atoms with van der Waals surface area (Å²) in [6, 6.07) is 9.77. The Bertz CT molecular complexity index is 1050. The molecule has 6 nitrogen and oxygen atoms in total. The van der Waals surface area contributed by atoms with E-state index < -0.39 is 0 Å². The van der Waals surface area contributed by atoms with Gasteiger partial charge in [0.1, 0.15) is 11.5 Å². The lowest BCUT2D eigenvalue weighted by molar-refractivity contribution is -0.120. The minimum absolute atomic E-state index is 0.0643. The zero-order valence-corrected chi connectivity index (χ0v) is 17.4. The number of carbonyl (C=O) groups excluding carboxylic acids is 1. The summed E-state index contributed by atoms with van der Waals surface area (Å²) in [7, 11) is 1.64. The normalized spacial score (nSPS) is 15.3. The van der Waals surface area contributed by atoms with Crippen LogP contribution in [-0.2, 0) is 16.8 Å². The molecule has 150 valence electrons. The summed E-state index contributed by atoms with van der Waals surface area (Å²) in [5.74, 6) is 1.45. The highest BCUT2D eigenvalue weighted by molar-refractivity contribution is 6.04. The summed E-state index contributed by atoms with van der Waals surface area (Å²) in [6.45, 7) is 8.39. The van der Waals surface area contributed by atoms with Crippen LogP contribution in [0.5, 0.6) is 5.75 Å². The Morgan fingerprint density at radius 2 is 1.97 bits per heavy atom. The molecular formula is C23H25N3O3. The first-order valence-corrected chi connectivity index (χ1v) is 9.68. The summed E-state index contributed by atoms with van der Waals surface area (Å²) >= 11 is 0. The van der Waals surface area contributed by atoms with Gasteiger partial charge in [0, 0.05) is 18.0 Å². The van der Waals surface area contributed by atoms with Crippen molar-refractivity contribution in [2.24, 2.45) is 0 Å². The summed E-state index contributed by atoms with van der Waals surface area (Å²) < 4.78 is 11.2. The molecule has 0 bridgehead atoms. The number of fused-ring (bicyclic) bond motifs is 1. The third-order valence-corrected chi connectivity index (χ3v) is 5.58. The van der Waals surface area contributed by atoms with Gasteiger partial charge in [-0.2, -0.15) is 0 Å². The Labute approximate surface area is 170 Å². The van der Waals surface area contributed by atoms with Crippen molar-refractivity contribution in [1.82, 2.24) is 10.1 Å². The summed E-state index contributed by atoms with van der Waals surface area (Å²) in [5.41, 5.74) is 4.97. The molecule has 3 heterocycles. The van der Waals surface area contributed by atoms with Crippen molar-refractivity contribution in [2.45, 2.75) is 46.1 Å². The number of aromatic nitrogens is 2. The van der Waals surface area contributed by atoms with Crippen LogP contribution in [0.3, 0.4) is 0 Å². The summed E-state index contributed by atoms with van der Waals surface area (Å²) in [5, 5.41) is 4.13. The molecule has 29 heavy (non-hydrogen) atoms. The number of anilines is 1. The van der Waals surface area contributed by atoms with E-state index in [0.717, 1.165) is 33.8 Å². The Hall–Kier alpha value is -3.15. The van der Waals surface area contributed by atoms with Gasteiger partial charge in [-0.15, -0.1) is 0 Å². The predicted octanol–water partition coefficient (Wildman–Crippen LogP) is 4.58. The van der Waals surface area contributed by atoms with Crippen molar-refractivity contribution in [2.75, 3.05) is 12.0 Å². The number of benzene rings is 1. The molecule has 0 fully saturated rings. The number of amides is 1. The van der Waals surface area contributed by atoms with E-state index in [9.17, 15) is 4.79 Å². The molecule has 1 aliphatic heterocycles. The Kier molecular flexibility index (Phi) is 4.65. The Balaban J connectivity index is 2.01. The molecule has 0 unspecified atom stereocenters. The van der Waals surface area contributed by atoms with E-state index in [-0.39, 0.29) is 11.3 Å². The zero-order chi connectivity index (χ0) is 20.8. The van der Waals surface area contributed by atoms with Gasteiger partial charge < -0.3 is 14.2 Å². The quantitative estimate of drug-likeness (QED) is 0.651. The second kappa shape index (κ2) is 7.03. The van der Waals surface area contributed by atoms with Crippen molar-refractivity contribution in [3.8, 4) is 16.9 Å². The van der Waals surface area contributed by atoms with Gasteiger partial charge in [0.2, 0.25) is 5.91 Å². The molecule has 0 saturated heterocycles. The predicted molar refractivity (Wildman–Crippen MR) is 111 cm³/mol. The standard InChI is InChI=1S/C23H25N3O3/c1-14-20(15(2)29-25-14)21-18(28-5)10-9-17-22(21)26(19(27)12-23(17,3)4)13-16-8-6-7-11-24-16/h6-11H,12-13H2,1-5H3. The van der Waals surface area contributed by atoms with E-state index in [1.54, 1.807) is 13.3 Å². The highest BCUT2D eigenvalue weighted by atomic mass is 16.5. The lowest BCUT2D eigenvalue weighted by Gasteiger charge is -2.40. The first-order chi connectivity index (χ1) is 13.8. The molecule has 1 aromatic carbocycles. The number of ether oxygens (including phenoxy) is 1. The molecule has 4 rings (SSSR count). The number of carbonyl (C=O) groups is 1. The number of hydrogen-bond donors (Lipinski definition) is 0. The van der Waals surface area contributed by atoms with Gasteiger partial charge in [-0.1, -0.05) is 31.1 Å². The molecule has 6 heteroatoms. The number of pyridine rings is 1. The van der Waals surface area contributed by atoms with Crippen LogP contribution in [0.2, 0.25) is 0 Å². The molecule has 0 N–H and O–H groups in total. The highest BCUT2D eigenvalue weighted by Crippen LogP contribution is 2.50. The van der Waals surface area contributed by atoms with Gasteiger partial charge in [0.15, 0.2) is 0 Å². The minimum atomic E-state index is -0.299. The number of aryl methyl sites for hydroxylation is 2. The van der Waals surface area contributed by atoms with Crippen LogP contribution in [0.15, 0.2) is 41.1 Å². The van der Waals surface area contributed by atoms with Crippen LogP contribution < -0.4 is 9.64 Å². The molecule has 0 saturated carbocycles. The molecule has 0 aliphatic carbocycles. The highest BCUT2D eigenvalue weighted by Gasteiger charge is 2.40. The average Bonchev–Trinajstić information content (AvgIpc) is 3.02. The van der Waals surface area contributed by atoms with Crippen LogP contribution in [-0.4, -0.2) is 23.2 Å². The van der Waals surface area contributed by atoms with Crippen LogP contribution in [0, 0.1) is 13.8 Å². The molecule has 1 aliphatic rings. The van der Waals surface area contributed by atoms with Gasteiger partial charge in [-0.25, -0.2) is 0 Å². The molecular weight excluding hydrogens is 366 g/mol. The van der Waals surface area contributed by atoms with Crippen molar-refractivity contribution >= 4 is 11.6 Å². The van der Waals surface area contributed by atoms with E-state index in [4.69, 9.17) is 9.26 Å². The molecule has 2 aromatic heterocycles. The zero-order valence-electron chi connectivity index (χ0n) is 17.4. The maximum absolute atomic E-state index is 13.3. The molecule has 3 aromatic rings.